The average Bonchev–Trinajstić information content (AvgIpc) is 3.49. The number of carboxylic acid groups (broad SMARTS) is 1. The minimum absolute atomic E-state index is 0.0235. The summed E-state index contributed by atoms with van der Waals surface area (Å²) >= 11 is 0. The maximum Gasteiger partial charge on any atom is 0.408 e. The van der Waals surface area contributed by atoms with E-state index in [1.54, 1.807) is 65.8 Å². The van der Waals surface area contributed by atoms with E-state index in [1.807, 2.05) is 0 Å². The molecule has 13 nitrogen and oxygen atoms in total. The number of likely N-dealkylation sites (tertiary alicyclic amines) is 1. The number of alkyl carbamates (subject to hydrolysis) is 1. The number of nitrogen functional groups attached to an aromatic ring is 1. The molecule has 5 N–H and O–H groups in total. The van der Waals surface area contributed by atoms with Gasteiger partial charge in [-0.05, 0) is 44.7 Å². The second-order valence-electron chi connectivity index (χ2n) is 13.7. The van der Waals surface area contributed by atoms with Gasteiger partial charge in [0.05, 0.1) is 19.2 Å². The number of fused-ring (bicyclic) bond motifs is 1. The number of benzene rings is 1. The first kappa shape index (κ1) is 33.3. The van der Waals surface area contributed by atoms with Gasteiger partial charge in [-0.25, -0.2) is 14.6 Å². The Labute approximate surface area is 262 Å². The molecule has 1 saturated heterocycles. The van der Waals surface area contributed by atoms with Crippen LogP contribution in [-0.2, 0) is 19.1 Å². The van der Waals surface area contributed by atoms with E-state index < -0.39 is 64.5 Å². The number of pyridine rings is 1. The van der Waals surface area contributed by atoms with Crippen molar-refractivity contribution >= 4 is 40.6 Å². The van der Waals surface area contributed by atoms with Gasteiger partial charge in [0.25, 0.3) is 0 Å². The summed E-state index contributed by atoms with van der Waals surface area (Å²) < 4.78 is 17.1. The topological polar surface area (TPSA) is 182 Å². The number of rotatable bonds is 9. The van der Waals surface area contributed by atoms with Crippen molar-refractivity contribution in [2.24, 2.45) is 11.3 Å². The highest BCUT2D eigenvalue weighted by molar-refractivity contribution is 5.96. The SMILES string of the molecule is C=C[C@H]1CC1(NC(=O)[C@@H]1C[C@@H](Oc2cc(N)nc3cc(OC)ccc23)CN1C(=O)[C@@H](NC(=O)OC(C)(C)C)C(C)(C)C)C(=O)O. The third-order valence-corrected chi connectivity index (χ3v) is 7.94. The van der Waals surface area contributed by atoms with Gasteiger partial charge >= 0.3 is 12.1 Å². The summed E-state index contributed by atoms with van der Waals surface area (Å²) in [5.41, 5.74) is 3.52. The molecule has 244 valence electrons. The molecule has 3 amide bonds. The molecule has 1 aromatic carbocycles. The summed E-state index contributed by atoms with van der Waals surface area (Å²) in [6.45, 7) is 14.1. The average molecular weight is 626 g/mol. The van der Waals surface area contributed by atoms with Crippen molar-refractivity contribution in [1.29, 1.82) is 0 Å². The van der Waals surface area contributed by atoms with Crippen molar-refractivity contribution in [3.63, 3.8) is 0 Å². The standard InChI is InChI=1S/C32H43N5O8/c1-9-17-15-32(17,28(40)41)36-26(38)22-13-19(44-23-14-24(33)34-21-12-18(43-8)10-11-20(21)23)16-37(22)27(39)25(30(2,3)4)35-29(42)45-31(5,6)7/h9-12,14,17,19,22,25H,1,13,15-16H2,2-8H3,(H2,33,34)(H,35,42)(H,36,38)(H,40,41)/t17-,19+,22-,25+,32?/m0/s1. The number of anilines is 1. The van der Waals surface area contributed by atoms with Gasteiger partial charge in [-0.15, -0.1) is 6.58 Å². The quantitative estimate of drug-likeness (QED) is 0.302. The summed E-state index contributed by atoms with van der Waals surface area (Å²) in [7, 11) is 1.54. The van der Waals surface area contributed by atoms with Crippen molar-refractivity contribution in [2.75, 3.05) is 19.4 Å². The molecule has 45 heavy (non-hydrogen) atoms. The Morgan fingerprint density at radius 1 is 1.18 bits per heavy atom. The third-order valence-electron chi connectivity index (χ3n) is 7.94. The molecule has 0 bridgehead atoms. The molecule has 0 spiro atoms. The Balaban J connectivity index is 1.67. The zero-order valence-electron chi connectivity index (χ0n) is 26.8. The van der Waals surface area contributed by atoms with Gasteiger partial charge in [0.2, 0.25) is 11.8 Å². The van der Waals surface area contributed by atoms with E-state index in [4.69, 9.17) is 19.9 Å². The Bertz CT molecular complexity index is 1510. The highest BCUT2D eigenvalue weighted by atomic mass is 16.6. The van der Waals surface area contributed by atoms with Crippen LogP contribution in [0, 0.1) is 11.3 Å². The molecule has 1 saturated carbocycles. The molecule has 13 heteroatoms. The van der Waals surface area contributed by atoms with Gasteiger partial charge in [0.15, 0.2) is 0 Å². The number of nitrogens with one attached hydrogen (secondary N) is 2. The molecule has 2 heterocycles. The van der Waals surface area contributed by atoms with E-state index in [9.17, 15) is 24.3 Å². The van der Waals surface area contributed by atoms with E-state index in [0.717, 1.165) is 0 Å². The lowest BCUT2D eigenvalue weighted by Crippen LogP contribution is -2.59. The summed E-state index contributed by atoms with van der Waals surface area (Å²) in [4.78, 5) is 58.6. The van der Waals surface area contributed by atoms with E-state index in [-0.39, 0.29) is 25.2 Å². The van der Waals surface area contributed by atoms with Crippen LogP contribution in [0.3, 0.4) is 0 Å². The van der Waals surface area contributed by atoms with Gasteiger partial charge in [-0.1, -0.05) is 26.8 Å². The lowest BCUT2D eigenvalue weighted by atomic mass is 9.85. The molecule has 2 fully saturated rings. The second-order valence-corrected chi connectivity index (χ2v) is 13.7. The molecule has 1 aliphatic carbocycles. The number of carboxylic acids is 1. The zero-order chi connectivity index (χ0) is 33.5. The molecule has 1 aromatic heterocycles. The molecule has 1 unspecified atom stereocenters. The molecular weight excluding hydrogens is 582 g/mol. The minimum atomic E-state index is -1.50. The Morgan fingerprint density at radius 3 is 2.42 bits per heavy atom. The molecule has 2 aliphatic rings. The number of carbonyl (C=O) groups excluding carboxylic acids is 3. The summed E-state index contributed by atoms with van der Waals surface area (Å²) in [5.74, 6) is -1.63. The smallest absolute Gasteiger partial charge is 0.408 e. The first-order valence-corrected chi connectivity index (χ1v) is 14.8. The van der Waals surface area contributed by atoms with Crippen LogP contribution >= 0.6 is 0 Å². The fourth-order valence-corrected chi connectivity index (χ4v) is 5.53. The Kier molecular flexibility index (Phi) is 8.96. The van der Waals surface area contributed by atoms with Gasteiger partial charge in [-0.3, -0.25) is 9.59 Å². The van der Waals surface area contributed by atoms with E-state index in [2.05, 4.69) is 22.2 Å². The highest BCUT2D eigenvalue weighted by Gasteiger charge is 2.61. The minimum Gasteiger partial charge on any atom is -0.497 e. The first-order valence-electron chi connectivity index (χ1n) is 14.8. The Hall–Kier alpha value is -4.55. The molecule has 2 aromatic rings. The number of methoxy groups -OCH3 is 1. The summed E-state index contributed by atoms with van der Waals surface area (Å²) in [6.07, 6.45) is 0.263. The van der Waals surface area contributed by atoms with Gasteiger partial charge in [0.1, 0.15) is 46.6 Å². The molecule has 0 radical (unpaired) electrons. The van der Waals surface area contributed by atoms with Crippen LogP contribution < -0.4 is 25.8 Å². The number of ether oxygens (including phenoxy) is 3. The van der Waals surface area contributed by atoms with E-state index >= 15 is 0 Å². The number of nitrogens with two attached hydrogens (primary N) is 1. The van der Waals surface area contributed by atoms with Crippen LogP contribution in [0.4, 0.5) is 10.6 Å². The number of amides is 3. The predicted octanol–water partition coefficient (Wildman–Crippen LogP) is 3.26. The number of aliphatic carboxylic acids is 1. The number of nitrogens with zero attached hydrogens (tertiary/aromatic N) is 2. The van der Waals surface area contributed by atoms with Crippen LogP contribution in [0.5, 0.6) is 11.5 Å². The maximum absolute atomic E-state index is 14.2. The second kappa shape index (κ2) is 12.1. The molecular formula is C32H43N5O8. The predicted molar refractivity (Wildman–Crippen MR) is 167 cm³/mol. The fourth-order valence-electron chi connectivity index (χ4n) is 5.53. The van der Waals surface area contributed by atoms with Gasteiger partial charge < -0.3 is 40.6 Å². The van der Waals surface area contributed by atoms with Gasteiger partial charge in [0, 0.05) is 29.9 Å². The largest absolute Gasteiger partial charge is 0.497 e. The number of aromatic nitrogens is 1. The maximum atomic E-state index is 14.2. The van der Waals surface area contributed by atoms with E-state index in [0.29, 0.717) is 22.4 Å². The third kappa shape index (κ3) is 7.23. The normalized spacial score (nSPS) is 23.5. The molecule has 5 atom stereocenters. The number of carbonyl (C=O) groups is 4. The van der Waals surface area contributed by atoms with Crippen LogP contribution in [0.1, 0.15) is 54.4 Å². The van der Waals surface area contributed by atoms with Gasteiger partial charge in [-0.2, -0.15) is 0 Å². The molecule has 4 rings (SSSR count). The fraction of sp³-hybridized carbons (Fsp3) is 0.531. The summed E-state index contributed by atoms with van der Waals surface area (Å²) in [5, 5.41) is 15.9. The number of hydrogen-bond donors (Lipinski definition) is 4. The lowest BCUT2D eigenvalue weighted by Gasteiger charge is -2.35. The van der Waals surface area contributed by atoms with Crippen molar-refractivity contribution < 1.29 is 38.5 Å². The Morgan fingerprint density at radius 2 is 1.87 bits per heavy atom. The number of hydrogen-bond acceptors (Lipinski definition) is 9. The van der Waals surface area contributed by atoms with E-state index in [1.165, 1.54) is 18.1 Å². The van der Waals surface area contributed by atoms with Crippen molar-refractivity contribution in [2.45, 2.75) is 83.7 Å². The van der Waals surface area contributed by atoms with Crippen molar-refractivity contribution in [1.82, 2.24) is 20.5 Å². The van der Waals surface area contributed by atoms with Crippen molar-refractivity contribution in [3.8, 4) is 11.5 Å². The van der Waals surface area contributed by atoms with Crippen LogP contribution in [0.15, 0.2) is 36.9 Å². The highest BCUT2D eigenvalue weighted by Crippen LogP contribution is 2.45. The zero-order valence-corrected chi connectivity index (χ0v) is 26.8. The van der Waals surface area contributed by atoms with Crippen LogP contribution in [-0.4, -0.2) is 81.8 Å². The first-order chi connectivity index (χ1) is 20.9. The van der Waals surface area contributed by atoms with Crippen LogP contribution in [0.25, 0.3) is 10.9 Å². The van der Waals surface area contributed by atoms with Crippen LogP contribution in [0.2, 0.25) is 0 Å². The summed E-state index contributed by atoms with van der Waals surface area (Å²) in [6, 6.07) is 4.63. The lowest BCUT2D eigenvalue weighted by molar-refractivity contribution is -0.146. The van der Waals surface area contributed by atoms with Crippen molar-refractivity contribution in [3.05, 3.63) is 36.9 Å². The monoisotopic (exact) mass is 625 g/mol. The molecule has 1 aliphatic heterocycles.